The van der Waals surface area contributed by atoms with Gasteiger partial charge in [0.1, 0.15) is 0 Å². The number of nitrogens with one attached hydrogen (secondary N) is 1. The summed E-state index contributed by atoms with van der Waals surface area (Å²) in [5.41, 5.74) is 0. The van der Waals surface area contributed by atoms with Crippen LogP contribution in [0, 0.1) is 5.92 Å². The van der Waals surface area contributed by atoms with Crippen molar-refractivity contribution in [1.82, 2.24) is 10.2 Å². The number of carboxylic acid groups (broad SMARTS) is 1. The first-order chi connectivity index (χ1) is 7.65. The molecule has 1 saturated heterocycles. The van der Waals surface area contributed by atoms with Gasteiger partial charge in [0.05, 0.1) is 5.92 Å². The van der Waals surface area contributed by atoms with Gasteiger partial charge in [-0.3, -0.25) is 4.79 Å². The van der Waals surface area contributed by atoms with Gasteiger partial charge < -0.3 is 15.3 Å². The molecule has 0 aliphatic carbocycles. The number of carbonyl (C=O) groups is 2. The Labute approximate surface area is 95.1 Å². The van der Waals surface area contributed by atoms with Crippen molar-refractivity contribution in [1.29, 1.82) is 0 Å². The predicted molar refractivity (Wildman–Crippen MR) is 60.1 cm³/mol. The third-order valence-corrected chi connectivity index (χ3v) is 2.68. The minimum absolute atomic E-state index is 0.173. The van der Waals surface area contributed by atoms with Crippen molar-refractivity contribution < 1.29 is 14.7 Å². The van der Waals surface area contributed by atoms with E-state index in [2.05, 4.69) is 11.9 Å². The van der Waals surface area contributed by atoms with Crippen LogP contribution in [0.3, 0.4) is 0 Å². The van der Waals surface area contributed by atoms with Crippen molar-refractivity contribution in [2.24, 2.45) is 5.92 Å². The van der Waals surface area contributed by atoms with Crippen LogP contribution in [-0.4, -0.2) is 41.6 Å². The van der Waals surface area contributed by atoms with E-state index < -0.39 is 11.9 Å². The molecule has 0 aromatic heterocycles. The lowest BCUT2D eigenvalue weighted by Crippen LogP contribution is -2.47. The van der Waals surface area contributed by atoms with Crippen LogP contribution in [0.4, 0.5) is 4.79 Å². The van der Waals surface area contributed by atoms with Gasteiger partial charge in [0.2, 0.25) is 0 Å². The van der Waals surface area contributed by atoms with E-state index in [1.165, 1.54) is 0 Å². The fourth-order valence-electron chi connectivity index (χ4n) is 1.76. The number of carbonyl (C=O) groups excluding carboxylic acids is 1. The van der Waals surface area contributed by atoms with Crippen molar-refractivity contribution in [3.63, 3.8) is 0 Å². The van der Waals surface area contributed by atoms with Gasteiger partial charge in [-0.1, -0.05) is 6.08 Å². The first-order valence-electron chi connectivity index (χ1n) is 5.51. The summed E-state index contributed by atoms with van der Waals surface area (Å²) in [6, 6.07) is -0.173. The van der Waals surface area contributed by atoms with Gasteiger partial charge >= 0.3 is 12.0 Å². The second-order valence-corrected chi connectivity index (χ2v) is 3.93. The minimum Gasteiger partial charge on any atom is -0.481 e. The fraction of sp³-hybridized carbons (Fsp3) is 0.636. The summed E-state index contributed by atoms with van der Waals surface area (Å²) < 4.78 is 0. The van der Waals surface area contributed by atoms with Crippen molar-refractivity contribution in [3.05, 3.63) is 12.7 Å². The molecule has 16 heavy (non-hydrogen) atoms. The lowest BCUT2D eigenvalue weighted by Gasteiger charge is -2.30. The Morgan fingerprint density at radius 1 is 1.56 bits per heavy atom. The summed E-state index contributed by atoms with van der Waals surface area (Å²) in [7, 11) is 0. The van der Waals surface area contributed by atoms with Crippen LogP contribution < -0.4 is 5.32 Å². The Bertz CT molecular complexity index is 278. The highest BCUT2D eigenvalue weighted by molar-refractivity contribution is 5.76. The van der Waals surface area contributed by atoms with Crippen LogP contribution in [0.5, 0.6) is 0 Å². The molecule has 0 bridgehead atoms. The van der Waals surface area contributed by atoms with Gasteiger partial charge in [-0.2, -0.15) is 0 Å². The molecule has 1 fully saturated rings. The second-order valence-electron chi connectivity index (χ2n) is 3.93. The zero-order chi connectivity index (χ0) is 12.0. The molecule has 1 atom stereocenters. The van der Waals surface area contributed by atoms with Gasteiger partial charge in [-0.15, -0.1) is 6.58 Å². The average molecular weight is 226 g/mol. The highest BCUT2D eigenvalue weighted by Crippen LogP contribution is 2.16. The lowest BCUT2D eigenvalue weighted by molar-refractivity contribution is -0.143. The topological polar surface area (TPSA) is 69.6 Å². The van der Waals surface area contributed by atoms with Crippen molar-refractivity contribution in [2.75, 3.05) is 19.6 Å². The quantitative estimate of drug-likeness (QED) is 0.556. The van der Waals surface area contributed by atoms with Crippen LogP contribution in [0.15, 0.2) is 12.7 Å². The van der Waals surface area contributed by atoms with E-state index in [1.54, 1.807) is 11.0 Å². The van der Waals surface area contributed by atoms with Crippen LogP contribution in [-0.2, 0) is 4.79 Å². The standard InChI is InChI=1S/C11H18N2O3/c1-2-3-6-12-11(16)13-7-4-5-9(8-13)10(14)15/h2,9H,1,3-8H2,(H,12,16)(H,14,15)/t9-/m0/s1. The molecule has 1 aliphatic heterocycles. The van der Waals surface area contributed by atoms with E-state index in [4.69, 9.17) is 5.11 Å². The van der Waals surface area contributed by atoms with Crippen LogP contribution in [0.1, 0.15) is 19.3 Å². The largest absolute Gasteiger partial charge is 0.481 e. The third kappa shape index (κ3) is 3.56. The maximum Gasteiger partial charge on any atom is 0.317 e. The zero-order valence-electron chi connectivity index (χ0n) is 9.32. The van der Waals surface area contributed by atoms with E-state index in [1.807, 2.05) is 0 Å². The maximum absolute atomic E-state index is 11.6. The molecule has 1 aliphatic rings. The van der Waals surface area contributed by atoms with Gasteiger partial charge in [0.25, 0.3) is 0 Å². The minimum atomic E-state index is -0.816. The second kappa shape index (κ2) is 6.15. The van der Waals surface area contributed by atoms with Gasteiger partial charge in [0, 0.05) is 19.6 Å². The highest BCUT2D eigenvalue weighted by atomic mass is 16.4. The van der Waals surface area contributed by atoms with Crippen LogP contribution in [0.25, 0.3) is 0 Å². The Hall–Kier alpha value is -1.52. The molecular weight excluding hydrogens is 208 g/mol. The molecule has 2 amide bonds. The number of piperidine rings is 1. The van der Waals surface area contributed by atoms with Crippen molar-refractivity contribution in [3.8, 4) is 0 Å². The number of likely N-dealkylation sites (tertiary alicyclic amines) is 1. The molecule has 5 heteroatoms. The van der Waals surface area contributed by atoms with Crippen molar-refractivity contribution >= 4 is 12.0 Å². The normalized spacial score (nSPS) is 20.2. The zero-order valence-corrected chi connectivity index (χ0v) is 9.32. The van der Waals surface area contributed by atoms with E-state index >= 15 is 0 Å². The molecule has 0 aromatic carbocycles. The molecule has 90 valence electrons. The molecular formula is C11H18N2O3. The monoisotopic (exact) mass is 226 g/mol. The van der Waals surface area contributed by atoms with Crippen LogP contribution >= 0.6 is 0 Å². The van der Waals surface area contributed by atoms with E-state index in [9.17, 15) is 9.59 Å². The molecule has 2 N–H and O–H groups in total. The predicted octanol–water partition coefficient (Wildman–Crippen LogP) is 1.07. The smallest absolute Gasteiger partial charge is 0.317 e. The fourth-order valence-corrected chi connectivity index (χ4v) is 1.76. The number of carboxylic acids is 1. The first-order valence-corrected chi connectivity index (χ1v) is 5.51. The first kappa shape index (κ1) is 12.5. The molecule has 1 heterocycles. The Morgan fingerprint density at radius 3 is 2.94 bits per heavy atom. The van der Waals surface area contributed by atoms with Crippen LogP contribution in [0.2, 0.25) is 0 Å². The van der Waals surface area contributed by atoms with Crippen molar-refractivity contribution in [2.45, 2.75) is 19.3 Å². The molecule has 0 spiro atoms. The number of aliphatic carboxylic acids is 1. The SMILES string of the molecule is C=CCCNC(=O)N1CCC[C@H](C(=O)O)C1. The maximum atomic E-state index is 11.6. The molecule has 0 aromatic rings. The van der Waals surface area contributed by atoms with Gasteiger partial charge in [0.15, 0.2) is 0 Å². The summed E-state index contributed by atoms with van der Waals surface area (Å²) in [6.07, 6.45) is 3.87. The lowest BCUT2D eigenvalue weighted by atomic mass is 9.99. The molecule has 5 nitrogen and oxygen atoms in total. The third-order valence-electron chi connectivity index (χ3n) is 2.68. The summed E-state index contributed by atoms with van der Waals surface area (Å²) in [5, 5.41) is 11.6. The molecule has 0 radical (unpaired) electrons. The number of rotatable bonds is 4. The Balaban J connectivity index is 2.37. The number of hydrogen-bond donors (Lipinski definition) is 2. The Kier molecular flexibility index (Phi) is 4.82. The van der Waals surface area contributed by atoms with Gasteiger partial charge in [-0.25, -0.2) is 4.79 Å². The van der Waals surface area contributed by atoms with Gasteiger partial charge in [-0.05, 0) is 19.3 Å². The number of amides is 2. The number of urea groups is 1. The summed E-state index contributed by atoms with van der Waals surface area (Å²) in [5.74, 6) is -1.23. The highest BCUT2D eigenvalue weighted by Gasteiger charge is 2.27. The average Bonchev–Trinajstić information content (AvgIpc) is 2.29. The number of hydrogen-bond acceptors (Lipinski definition) is 2. The van der Waals surface area contributed by atoms with E-state index in [0.717, 1.165) is 12.8 Å². The number of nitrogens with zero attached hydrogens (tertiary/aromatic N) is 1. The molecule has 0 saturated carbocycles. The summed E-state index contributed by atoms with van der Waals surface area (Å²) in [6.45, 7) is 5.07. The summed E-state index contributed by atoms with van der Waals surface area (Å²) in [4.78, 5) is 24.0. The van der Waals surface area contributed by atoms with E-state index in [-0.39, 0.29) is 6.03 Å². The Morgan fingerprint density at radius 2 is 2.31 bits per heavy atom. The molecule has 1 rings (SSSR count). The van der Waals surface area contributed by atoms with E-state index in [0.29, 0.717) is 26.1 Å². The molecule has 0 unspecified atom stereocenters. The summed E-state index contributed by atoms with van der Waals surface area (Å²) >= 11 is 0.